The maximum absolute atomic E-state index is 12.1. The number of rotatable bonds is 2. The number of aliphatic imine (C=N–C) groups is 1. The Labute approximate surface area is 144 Å². The van der Waals surface area contributed by atoms with Gasteiger partial charge in [0.1, 0.15) is 11.9 Å². The van der Waals surface area contributed by atoms with Crippen LogP contribution in [0.1, 0.15) is 23.6 Å². The summed E-state index contributed by atoms with van der Waals surface area (Å²) in [6, 6.07) is 13.0. The molecule has 0 saturated carbocycles. The number of esters is 1. The molecule has 0 radical (unpaired) electrons. The van der Waals surface area contributed by atoms with Crippen LogP contribution in [0.15, 0.2) is 53.2 Å². The van der Waals surface area contributed by atoms with E-state index in [9.17, 15) is 4.79 Å². The zero-order valence-electron chi connectivity index (χ0n) is 13.0. The molecular weight excluding hydrogens is 326 g/mol. The predicted molar refractivity (Wildman–Crippen MR) is 92.3 cm³/mol. The van der Waals surface area contributed by atoms with Crippen LogP contribution < -0.4 is 4.74 Å². The Morgan fingerprint density at radius 3 is 2.92 bits per heavy atom. The number of benzene rings is 2. The third kappa shape index (κ3) is 2.69. The SMILES string of the molecule is C[C@@H]1Cc2cc(/C=C3\N=C(c4ccccc4Cl)OC3=O)ccc2O1. The van der Waals surface area contributed by atoms with Gasteiger partial charge < -0.3 is 9.47 Å². The number of nitrogens with zero attached hydrogens (tertiary/aromatic N) is 1. The highest BCUT2D eigenvalue weighted by Crippen LogP contribution is 2.30. The van der Waals surface area contributed by atoms with Gasteiger partial charge in [0.05, 0.1) is 10.6 Å². The normalized spacial score (nSPS) is 20.6. The van der Waals surface area contributed by atoms with E-state index >= 15 is 0 Å². The van der Waals surface area contributed by atoms with E-state index in [1.54, 1.807) is 18.2 Å². The molecule has 2 aromatic rings. The molecule has 1 atom stereocenters. The molecule has 0 N–H and O–H groups in total. The van der Waals surface area contributed by atoms with E-state index < -0.39 is 5.97 Å². The summed E-state index contributed by atoms with van der Waals surface area (Å²) >= 11 is 6.13. The van der Waals surface area contributed by atoms with E-state index in [0.29, 0.717) is 10.6 Å². The number of halogens is 1. The van der Waals surface area contributed by atoms with Crippen molar-refractivity contribution in [3.05, 3.63) is 69.9 Å². The van der Waals surface area contributed by atoms with Gasteiger partial charge in [0.25, 0.3) is 0 Å². The Kier molecular flexibility index (Phi) is 3.62. The molecule has 5 heteroatoms. The van der Waals surface area contributed by atoms with Crippen LogP contribution in [0.4, 0.5) is 0 Å². The third-order valence-corrected chi connectivity index (χ3v) is 4.28. The lowest BCUT2D eigenvalue weighted by Crippen LogP contribution is -2.05. The molecule has 0 unspecified atom stereocenters. The molecular formula is C19H14ClNO3. The maximum Gasteiger partial charge on any atom is 0.363 e. The second kappa shape index (κ2) is 5.80. The van der Waals surface area contributed by atoms with E-state index in [2.05, 4.69) is 4.99 Å². The van der Waals surface area contributed by atoms with Crippen molar-refractivity contribution in [1.29, 1.82) is 0 Å². The summed E-state index contributed by atoms with van der Waals surface area (Å²) in [5.74, 6) is 0.656. The summed E-state index contributed by atoms with van der Waals surface area (Å²) in [7, 11) is 0. The lowest BCUT2D eigenvalue weighted by molar-refractivity contribution is -0.129. The van der Waals surface area contributed by atoms with Crippen molar-refractivity contribution in [3.63, 3.8) is 0 Å². The average Bonchev–Trinajstić information content (AvgIpc) is 3.09. The van der Waals surface area contributed by atoms with Gasteiger partial charge in [0.15, 0.2) is 5.70 Å². The first-order chi connectivity index (χ1) is 11.6. The Bertz CT molecular complexity index is 901. The Morgan fingerprint density at radius 2 is 2.08 bits per heavy atom. The summed E-state index contributed by atoms with van der Waals surface area (Å²) in [5, 5.41) is 0.494. The van der Waals surface area contributed by atoms with Crippen molar-refractivity contribution in [2.45, 2.75) is 19.4 Å². The molecule has 4 nitrogen and oxygen atoms in total. The fourth-order valence-corrected chi connectivity index (χ4v) is 3.07. The van der Waals surface area contributed by atoms with Crippen molar-refractivity contribution in [3.8, 4) is 5.75 Å². The molecule has 0 aliphatic carbocycles. The Morgan fingerprint density at radius 1 is 1.25 bits per heavy atom. The minimum absolute atomic E-state index is 0.184. The van der Waals surface area contributed by atoms with Crippen LogP contribution in [-0.4, -0.2) is 18.0 Å². The molecule has 0 saturated heterocycles. The molecule has 2 aliphatic heterocycles. The summed E-state index contributed by atoms with van der Waals surface area (Å²) < 4.78 is 10.9. The summed E-state index contributed by atoms with van der Waals surface area (Å²) in [5.41, 5.74) is 2.89. The van der Waals surface area contributed by atoms with Crippen molar-refractivity contribution in [1.82, 2.24) is 0 Å². The molecule has 24 heavy (non-hydrogen) atoms. The monoisotopic (exact) mass is 339 g/mol. The van der Waals surface area contributed by atoms with Crippen molar-refractivity contribution in [2.75, 3.05) is 0 Å². The maximum atomic E-state index is 12.1. The summed E-state index contributed by atoms with van der Waals surface area (Å²) in [4.78, 5) is 16.4. The fourth-order valence-electron chi connectivity index (χ4n) is 2.85. The van der Waals surface area contributed by atoms with E-state index in [1.165, 1.54) is 0 Å². The van der Waals surface area contributed by atoms with Crippen LogP contribution in [0.5, 0.6) is 5.75 Å². The van der Waals surface area contributed by atoms with Crippen LogP contribution in [0.2, 0.25) is 5.02 Å². The van der Waals surface area contributed by atoms with Gasteiger partial charge in [-0.05, 0) is 48.4 Å². The van der Waals surface area contributed by atoms with Crippen LogP contribution in [0.3, 0.4) is 0 Å². The first-order valence-electron chi connectivity index (χ1n) is 7.67. The van der Waals surface area contributed by atoms with Crippen molar-refractivity contribution >= 4 is 29.5 Å². The number of cyclic esters (lactones) is 1. The number of fused-ring (bicyclic) bond motifs is 1. The van der Waals surface area contributed by atoms with Crippen LogP contribution in [0, 0.1) is 0 Å². The number of ether oxygens (including phenoxy) is 2. The van der Waals surface area contributed by atoms with Gasteiger partial charge in [-0.2, -0.15) is 0 Å². The summed E-state index contributed by atoms with van der Waals surface area (Å²) in [6.07, 6.45) is 2.77. The molecule has 2 aromatic carbocycles. The second-order valence-electron chi connectivity index (χ2n) is 5.82. The zero-order chi connectivity index (χ0) is 16.7. The standard InChI is InChI=1S/C19H14ClNO3/c1-11-8-13-9-12(6-7-17(13)23-11)10-16-19(22)24-18(21-16)14-4-2-3-5-15(14)20/h2-7,9-11H,8H2,1H3/b16-10-/t11-/m1/s1. The Balaban J connectivity index is 1.67. The van der Waals surface area contributed by atoms with Gasteiger partial charge in [-0.15, -0.1) is 0 Å². The highest BCUT2D eigenvalue weighted by atomic mass is 35.5. The lowest BCUT2D eigenvalue weighted by atomic mass is 10.1. The first kappa shape index (κ1) is 15.0. The van der Waals surface area contributed by atoms with E-state index in [1.807, 2.05) is 37.3 Å². The number of hydrogen-bond acceptors (Lipinski definition) is 4. The molecule has 120 valence electrons. The van der Waals surface area contributed by atoms with Gasteiger partial charge in [-0.25, -0.2) is 9.79 Å². The molecule has 0 bridgehead atoms. The van der Waals surface area contributed by atoms with Crippen LogP contribution >= 0.6 is 11.6 Å². The average molecular weight is 340 g/mol. The predicted octanol–water partition coefficient (Wildman–Crippen LogP) is 4.01. The van der Waals surface area contributed by atoms with Crippen molar-refractivity contribution in [2.24, 2.45) is 4.99 Å². The largest absolute Gasteiger partial charge is 0.490 e. The molecule has 4 rings (SSSR count). The smallest absolute Gasteiger partial charge is 0.363 e. The minimum Gasteiger partial charge on any atom is -0.490 e. The molecule has 2 aliphatic rings. The number of hydrogen-bond donors (Lipinski definition) is 0. The fraction of sp³-hybridized carbons (Fsp3) is 0.158. The van der Waals surface area contributed by atoms with Crippen molar-refractivity contribution < 1.29 is 14.3 Å². The van der Waals surface area contributed by atoms with Gasteiger partial charge in [-0.1, -0.05) is 29.8 Å². The quantitative estimate of drug-likeness (QED) is 0.613. The molecule has 0 aromatic heterocycles. The van der Waals surface area contributed by atoms with Gasteiger partial charge in [0.2, 0.25) is 5.90 Å². The highest BCUT2D eigenvalue weighted by molar-refractivity contribution is 6.34. The van der Waals surface area contributed by atoms with E-state index in [4.69, 9.17) is 21.1 Å². The molecule has 0 fully saturated rings. The second-order valence-corrected chi connectivity index (χ2v) is 6.22. The van der Waals surface area contributed by atoms with Crippen LogP contribution in [-0.2, 0) is 16.0 Å². The first-order valence-corrected chi connectivity index (χ1v) is 8.05. The third-order valence-electron chi connectivity index (χ3n) is 3.95. The van der Waals surface area contributed by atoms with Crippen LogP contribution in [0.25, 0.3) is 6.08 Å². The minimum atomic E-state index is -0.477. The van der Waals surface area contributed by atoms with Gasteiger partial charge in [0, 0.05) is 6.42 Å². The molecule has 0 amide bonds. The zero-order valence-corrected chi connectivity index (χ0v) is 13.7. The van der Waals surface area contributed by atoms with E-state index in [-0.39, 0.29) is 17.7 Å². The number of carbonyl (C=O) groups excluding carboxylic acids is 1. The molecule has 2 heterocycles. The lowest BCUT2D eigenvalue weighted by Gasteiger charge is -2.02. The Hall–Kier alpha value is -2.59. The highest BCUT2D eigenvalue weighted by Gasteiger charge is 2.26. The topological polar surface area (TPSA) is 47.9 Å². The van der Waals surface area contributed by atoms with Gasteiger partial charge in [-0.3, -0.25) is 0 Å². The molecule has 0 spiro atoms. The number of carbonyl (C=O) groups is 1. The van der Waals surface area contributed by atoms with E-state index in [0.717, 1.165) is 23.3 Å². The summed E-state index contributed by atoms with van der Waals surface area (Å²) in [6.45, 7) is 2.03. The van der Waals surface area contributed by atoms with Gasteiger partial charge >= 0.3 is 5.97 Å².